The number of nitrogens with zero attached hydrogens (tertiary/aromatic N) is 2. The molecule has 0 radical (unpaired) electrons. The smallest absolute Gasteiger partial charge is 0.266 e. The summed E-state index contributed by atoms with van der Waals surface area (Å²) >= 11 is 1.24. The van der Waals surface area contributed by atoms with Crippen molar-refractivity contribution in [2.75, 3.05) is 12.9 Å². The van der Waals surface area contributed by atoms with Crippen LogP contribution in [0.15, 0.2) is 82.9 Å². The minimum Gasteiger partial charge on any atom is -0.495 e. The molecule has 1 N–H and O–H groups in total. The van der Waals surface area contributed by atoms with E-state index in [0.29, 0.717) is 33.1 Å². The second-order valence-electron chi connectivity index (χ2n) is 7.69. The van der Waals surface area contributed by atoms with Crippen molar-refractivity contribution >= 4 is 39.4 Å². The molecule has 2 heterocycles. The maximum absolute atomic E-state index is 13.5. The van der Waals surface area contributed by atoms with Crippen LogP contribution < -0.4 is 10.3 Å². The number of ketones is 1. The van der Waals surface area contributed by atoms with E-state index in [2.05, 4.69) is 4.98 Å². The van der Waals surface area contributed by atoms with E-state index in [1.165, 1.54) is 11.8 Å². The molecule has 0 amide bonds. The predicted molar refractivity (Wildman–Crippen MR) is 132 cm³/mol. The van der Waals surface area contributed by atoms with Crippen LogP contribution in [0.2, 0.25) is 0 Å². The van der Waals surface area contributed by atoms with Gasteiger partial charge in [0.05, 0.1) is 29.5 Å². The number of rotatable bonds is 6. The number of Topliss-reactive ketones (excluding diaryl/α,β-unsaturated/α-hetero) is 1. The summed E-state index contributed by atoms with van der Waals surface area (Å²) in [7, 11) is 1.57. The second kappa shape index (κ2) is 8.60. The summed E-state index contributed by atoms with van der Waals surface area (Å²) in [5, 5.41) is 1.83. The molecule has 7 heteroatoms. The number of aromatic nitrogens is 3. The van der Waals surface area contributed by atoms with Gasteiger partial charge in [-0.3, -0.25) is 14.2 Å². The zero-order valence-corrected chi connectivity index (χ0v) is 19.0. The van der Waals surface area contributed by atoms with Crippen LogP contribution in [0.1, 0.15) is 15.9 Å². The Morgan fingerprint density at radius 3 is 2.64 bits per heavy atom. The molecule has 0 spiro atoms. The quantitative estimate of drug-likeness (QED) is 0.217. The standard InChI is InChI=1S/C26H21N3O3S/c1-16-11-12-24(32-2)22(13-16)29-25(31)18-8-4-6-10-21(18)28-26(29)33-15-23(30)19-14-27-20-9-5-3-7-17(19)20/h3-14,27H,15H2,1-2H3. The van der Waals surface area contributed by atoms with Gasteiger partial charge in [-0.25, -0.2) is 4.98 Å². The molecule has 0 aliphatic heterocycles. The lowest BCUT2D eigenvalue weighted by molar-refractivity contribution is 0.102. The van der Waals surface area contributed by atoms with Gasteiger partial charge in [-0.05, 0) is 42.8 Å². The van der Waals surface area contributed by atoms with Gasteiger partial charge in [0, 0.05) is 22.7 Å². The van der Waals surface area contributed by atoms with E-state index in [9.17, 15) is 9.59 Å². The molecule has 33 heavy (non-hydrogen) atoms. The van der Waals surface area contributed by atoms with Crippen molar-refractivity contribution in [3.05, 3.63) is 94.4 Å². The maximum Gasteiger partial charge on any atom is 0.266 e. The Balaban J connectivity index is 1.60. The van der Waals surface area contributed by atoms with Crippen molar-refractivity contribution in [1.29, 1.82) is 0 Å². The van der Waals surface area contributed by atoms with Gasteiger partial charge in [-0.1, -0.05) is 48.2 Å². The van der Waals surface area contributed by atoms with Crippen LogP contribution in [0, 0.1) is 6.92 Å². The molecule has 0 saturated heterocycles. The predicted octanol–water partition coefficient (Wildman–Crippen LogP) is 5.16. The number of aromatic amines is 1. The number of carbonyl (C=O) groups excluding carboxylic acids is 1. The molecule has 0 unspecified atom stereocenters. The Labute approximate surface area is 194 Å². The van der Waals surface area contributed by atoms with Gasteiger partial charge in [-0.15, -0.1) is 0 Å². The number of methoxy groups -OCH3 is 1. The van der Waals surface area contributed by atoms with Crippen molar-refractivity contribution in [2.45, 2.75) is 12.1 Å². The highest BCUT2D eigenvalue weighted by molar-refractivity contribution is 7.99. The summed E-state index contributed by atoms with van der Waals surface area (Å²) in [4.78, 5) is 34.5. The van der Waals surface area contributed by atoms with Gasteiger partial charge < -0.3 is 9.72 Å². The molecule has 0 saturated carbocycles. The Kier molecular flexibility index (Phi) is 5.48. The van der Waals surface area contributed by atoms with Gasteiger partial charge in [0.15, 0.2) is 10.9 Å². The molecule has 3 aromatic carbocycles. The zero-order valence-electron chi connectivity index (χ0n) is 18.2. The number of fused-ring (bicyclic) bond motifs is 2. The van der Waals surface area contributed by atoms with Crippen molar-refractivity contribution < 1.29 is 9.53 Å². The number of aryl methyl sites for hydroxylation is 1. The summed E-state index contributed by atoms with van der Waals surface area (Å²) in [6.07, 6.45) is 1.73. The Hall–Kier alpha value is -3.84. The fourth-order valence-corrected chi connectivity index (χ4v) is 4.80. The molecular formula is C26H21N3O3S. The summed E-state index contributed by atoms with van der Waals surface area (Å²) in [5.74, 6) is 0.660. The lowest BCUT2D eigenvalue weighted by atomic mass is 10.1. The molecule has 5 aromatic rings. The fraction of sp³-hybridized carbons (Fsp3) is 0.115. The van der Waals surface area contributed by atoms with E-state index in [0.717, 1.165) is 16.5 Å². The highest BCUT2D eigenvalue weighted by Gasteiger charge is 2.19. The third-order valence-corrected chi connectivity index (χ3v) is 6.48. The number of para-hydroxylation sites is 2. The van der Waals surface area contributed by atoms with Crippen molar-refractivity contribution in [3.63, 3.8) is 0 Å². The topological polar surface area (TPSA) is 77.0 Å². The van der Waals surface area contributed by atoms with E-state index < -0.39 is 0 Å². The molecule has 2 aromatic heterocycles. The number of hydrogen-bond donors (Lipinski definition) is 1. The molecule has 164 valence electrons. The minimum atomic E-state index is -0.202. The molecular weight excluding hydrogens is 434 g/mol. The third-order valence-electron chi connectivity index (χ3n) is 5.54. The van der Waals surface area contributed by atoms with Crippen LogP contribution >= 0.6 is 11.8 Å². The van der Waals surface area contributed by atoms with Crippen molar-refractivity contribution in [3.8, 4) is 11.4 Å². The van der Waals surface area contributed by atoms with Gasteiger partial charge in [-0.2, -0.15) is 0 Å². The zero-order chi connectivity index (χ0) is 22.9. The number of carbonyl (C=O) groups is 1. The third kappa shape index (κ3) is 3.81. The first kappa shape index (κ1) is 21.0. The normalized spacial score (nSPS) is 11.2. The lowest BCUT2D eigenvalue weighted by Gasteiger charge is -2.16. The minimum absolute atomic E-state index is 0.0392. The largest absolute Gasteiger partial charge is 0.495 e. The van der Waals surface area contributed by atoms with Crippen LogP contribution in [0.4, 0.5) is 0 Å². The number of hydrogen-bond acceptors (Lipinski definition) is 5. The molecule has 6 nitrogen and oxygen atoms in total. The number of thioether (sulfide) groups is 1. The van der Waals surface area contributed by atoms with E-state index in [4.69, 9.17) is 9.72 Å². The van der Waals surface area contributed by atoms with Gasteiger partial charge >= 0.3 is 0 Å². The molecule has 0 bridgehead atoms. The SMILES string of the molecule is COc1ccc(C)cc1-n1c(SCC(=O)c2c[nH]c3ccccc23)nc2ccccc2c1=O. The molecule has 0 aliphatic rings. The summed E-state index contributed by atoms with van der Waals surface area (Å²) in [6, 6.07) is 20.6. The highest BCUT2D eigenvalue weighted by Crippen LogP contribution is 2.29. The van der Waals surface area contributed by atoms with Crippen LogP contribution in [0.5, 0.6) is 5.75 Å². The average molecular weight is 456 g/mol. The Morgan fingerprint density at radius 1 is 1.06 bits per heavy atom. The van der Waals surface area contributed by atoms with E-state index >= 15 is 0 Å². The number of benzene rings is 3. The molecule has 0 fully saturated rings. The van der Waals surface area contributed by atoms with Crippen molar-refractivity contribution in [2.24, 2.45) is 0 Å². The lowest BCUT2D eigenvalue weighted by Crippen LogP contribution is -2.23. The summed E-state index contributed by atoms with van der Waals surface area (Å²) in [5.41, 5.74) is 3.51. The van der Waals surface area contributed by atoms with Crippen LogP contribution in [-0.2, 0) is 0 Å². The van der Waals surface area contributed by atoms with E-state index in [1.807, 2.05) is 61.5 Å². The number of H-pyrrole nitrogens is 1. The van der Waals surface area contributed by atoms with Crippen molar-refractivity contribution in [1.82, 2.24) is 14.5 Å². The van der Waals surface area contributed by atoms with E-state index in [1.54, 1.807) is 30.0 Å². The summed E-state index contributed by atoms with van der Waals surface area (Å²) < 4.78 is 7.08. The average Bonchev–Trinajstić information content (AvgIpc) is 3.27. The Morgan fingerprint density at radius 2 is 1.82 bits per heavy atom. The number of ether oxygens (including phenoxy) is 1. The molecule has 0 aliphatic carbocycles. The summed E-state index contributed by atoms with van der Waals surface area (Å²) in [6.45, 7) is 1.95. The second-order valence-corrected chi connectivity index (χ2v) is 8.63. The van der Waals surface area contributed by atoms with Crippen LogP contribution in [-0.4, -0.2) is 33.2 Å². The first-order valence-corrected chi connectivity index (χ1v) is 11.4. The van der Waals surface area contributed by atoms with Gasteiger partial charge in [0.1, 0.15) is 5.75 Å². The maximum atomic E-state index is 13.5. The van der Waals surface area contributed by atoms with E-state index in [-0.39, 0.29) is 17.1 Å². The first-order valence-electron chi connectivity index (χ1n) is 10.5. The molecule has 0 atom stereocenters. The highest BCUT2D eigenvalue weighted by atomic mass is 32.2. The Bertz CT molecular complexity index is 1570. The molecule has 5 rings (SSSR count). The fourth-order valence-electron chi connectivity index (χ4n) is 3.91. The first-order chi connectivity index (χ1) is 16.1. The monoisotopic (exact) mass is 455 g/mol. The van der Waals surface area contributed by atoms with Gasteiger partial charge in [0.25, 0.3) is 5.56 Å². The van der Waals surface area contributed by atoms with Crippen LogP contribution in [0.3, 0.4) is 0 Å². The van der Waals surface area contributed by atoms with Crippen LogP contribution in [0.25, 0.3) is 27.5 Å². The number of nitrogens with one attached hydrogen (secondary N) is 1. The van der Waals surface area contributed by atoms with Gasteiger partial charge in [0.2, 0.25) is 0 Å².